The summed E-state index contributed by atoms with van der Waals surface area (Å²) in [4.78, 5) is 4.27. The van der Waals surface area contributed by atoms with Gasteiger partial charge in [-0.05, 0) is 50.2 Å². The molecular weight excluding hydrogens is 428 g/mol. The van der Waals surface area contributed by atoms with Crippen LogP contribution in [-0.4, -0.2) is 31.3 Å². The molecule has 0 spiro atoms. The SMILES string of the molecule is CNC.COc1nc(C#N)cc2c1C1(O)CCC(c3ccccc3)C1(c1ccc(C#N)cc1)O2. The lowest BCUT2D eigenvalue weighted by molar-refractivity contribution is -0.106. The van der Waals surface area contributed by atoms with Gasteiger partial charge in [0.15, 0.2) is 5.60 Å². The maximum absolute atomic E-state index is 12.2. The monoisotopic (exact) mass is 454 g/mol. The smallest absolute Gasteiger partial charge is 0.224 e. The van der Waals surface area contributed by atoms with Crippen molar-refractivity contribution in [2.75, 3.05) is 21.2 Å². The van der Waals surface area contributed by atoms with Gasteiger partial charge in [0.05, 0.1) is 24.3 Å². The number of aromatic nitrogens is 1. The largest absolute Gasteiger partial charge is 0.481 e. The molecule has 3 atom stereocenters. The molecular formula is C27H26N4O3. The molecule has 1 aliphatic carbocycles. The molecule has 0 radical (unpaired) electrons. The van der Waals surface area contributed by atoms with Crippen LogP contribution in [0.1, 0.15) is 46.7 Å². The van der Waals surface area contributed by atoms with Crippen LogP contribution in [0.15, 0.2) is 60.7 Å². The number of nitrogens with one attached hydrogen (secondary N) is 1. The lowest BCUT2D eigenvalue weighted by atomic mass is 9.72. The number of fused-ring (bicyclic) bond motifs is 3. The maximum atomic E-state index is 12.2. The molecule has 5 rings (SSSR count). The van der Waals surface area contributed by atoms with Crippen molar-refractivity contribution in [2.45, 2.75) is 30.0 Å². The Kier molecular flexibility index (Phi) is 6.26. The predicted molar refractivity (Wildman–Crippen MR) is 126 cm³/mol. The van der Waals surface area contributed by atoms with Gasteiger partial charge < -0.3 is 19.9 Å². The zero-order chi connectivity index (χ0) is 24.3. The van der Waals surface area contributed by atoms with Gasteiger partial charge in [-0.3, -0.25) is 0 Å². The van der Waals surface area contributed by atoms with Crippen molar-refractivity contribution >= 4 is 0 Å². The van der Waals surface area contributed by atoms with E-state index in [-0.39, 0.29) is 17.5 Å². The van der Waals surface area contributed by atoms with E-state index in [1.807, 2.05) is 62.6 Å². The average molecular weight is 455 g/mol. The molecule has 1 saturated carbocycles. The average Bonchev–Trinajstić information content (AvgIpc) is 3.31. The third-order valence-electron chi connectivity index (χ3n) is 6.49. The number of methoxy groups -OCH3 is 1. The Morgan fingerprint density at radius 3 is 2.35 bits per heavy atom. The molecule has 0 saturated heterocycles. The summed E-state index contributed by atoms with van der Waals surface area (Å²) >= 11 is 0. The Balaban J connectivity index is 0.000000868. The molecule has 34 heavy (non-hydrogen) atoms. The van der Waals surface area contributed by atoms with Crippen molar-refractivity contribution in [1.82, 2.24) is 10.3 Å². The normalized spacial score (nSPS) is 23.9. The molecule has 0 bridgehead atoms. The van der Waals surface area contributed by atoms with Crippen LogP contribution >= 0.6 is 0 Å². The van der Waals surface area contributed by atoms with Gasteiger partial charge >= 0.3 is 0 Å². The van der Waals surface area contributed by atoms with Crippen molar-refractivity contribution in [3.63, 3.8) is 0 Å². The lowest BCUT2D eigenvalue weighted by Gasteiger charge is -2.40. The van der Waals surface area contributed by atoms with Crippen LogP contribution in [0.4, 0.5) is 0 Å². The first-order valence-electron chi connectivity index (χ1n) is 11.0. The van der Waals surface area contributed by atoms with Gasteiger partial charge in [-0.15, -0.1) is 0 Å². The van der Waals surface area contributed by atoms with E-state index in [2.05, 4.69) is 16.4 Å². The number of benzene rings is 2. The molecule has 2 aromatic carbocycles. The lowest BCUT2D eigenvalue weighted by Crippen LogP contribution is -2.48. The van der Waals surface area contributed by atoms with E-state index in [9.17, 15) is 15.6 Å². The van der Waals surface area contributed by atoms with Crippen molar-refractivity contribution < 1.29 is 14.6 Å². The molecule has 172 valence electrons. The number of hydrogen-bond donors (Lipinski definition) is 2. The molecule has 7 heteroatoms. The van der Waals surface area contributed by atoms with Gasteiger partial charge in [0, 0.05) is 12.0 Å². The molecule has 0 amide bonds. The summed E-state index contributed by atoms with van der Waals surface area (Å²) < 4.78 is 12.1. The number of hydrogen-bond acceptors (Lipinski definition) is 7. The highest BCUT2D eigenvalue weighted by atomic mass is 16.5. The van der Waals surface area contributed by atoms with E-state index in [1.54, 1.807) is 18.2 Å². The highest BCUT2D eigenvalue weighted by Crippen LogP contribution is 2.67. The molecule has 3 unspecified atom stereocenters. The van der Waals surface area contributed by atoms with Crippen LogP contribution < -0.4 is 14.8 Å². The summed E-state index contributed by atoms with van der Waals surface area (Å²) in [5, 5.41) is 33.6. The zero-order valence-corrected chi connectivity index (χ0v) is 19.4. The first kappa shape index (κ1) is 23.3. The second kappa shape index (κ2) is 9.15. The summed E-state index contributed by atoms with van der Waals surface area (Å²) in [5.41, 5.74) is 0.402. The summed E-state index contributed by atoms with van der Waals surface area (Å²) in [5.74, 6) is 0.436. The van der Waals surface area contributed by atoms with Gasteiger partial charge in [0.1, 0.15) is 23.1 Å². The fraction of sp³-hybridized carbons (Fsp3) is 0.296. The molecule has 2 aliphatic rings. The number of rotatable bonds is 3. The van der Waals surface area contributed by atoms with Crippen LogP contribution in [-0.2, 0) is 11.2 Å². The van der Waals surface area contributed by atoms with Crippen molar-refractivity contribution in [1.29, 1.82) is 10.5 Å². The summed E-state index contributed by atoms with van der Waals surface area (Å²) in [6.45, 7) is 0. The van der Waals surface area contributed by atoms with E-state index in [1.165, 1.54) is 7.11 Å². The highest BCUT2D eigenvalue weighted by Gasteiger charge is 2.69. The zero-order valence-electron chi connectivity index (χ0n) is 19.4. The quantitative estimate of drug-likeness (QED) is 0.620. The van der Waals surface area contributed by atoms with Crippen molar-refractivity contribution in [3.8, 4) is 23.8 Å². The first-order chi connectivity index (χ1) is 16.5. The maximum Gasteiger partial charge on any atom is 0.224 e. The minimum absolute atomic E-state index is 0.158. The van der Waals surface area contributed by atoms with E-state index >= 15 is 0 Å². The van der Waals surface area contributed by atoms with Crippen LogP contribution in [0, 0.1) is 22.7 Å². The van der Waals surface area contributed by atoms with E-state index in [0.717, 1.165) is 11.1 Å². The number of pyridine rings is 1. The molecule has 7 nitrogen and oxygen atoms in total. The minimum Gasteiger partial charge on any atom is -0.481 e. The Bertz CT molecular complexity index is 1260. The Morgan fingerprint density at radius 1 is 1.09 bits per heavy atom. The number of aliphatic hydroxyl groups is 1. The second-order valence-corrected chi connectivity index (χ2v) is 8.39. The van der Waals surface area contributed by atoms with Gasteiger partial charge in [0.2, 0.25) is 5.88 Å². The van der Waals surface area contributed by atoms with Crippen LogP contribution in [0.2, 0.25) is 0 Å². The van der Waals surface area contributed by atoms with Crippen LogP contribution in [0.3, 0.4) is 0 Å². The summed E-state index contributed by atoms with van der Waals surface area (Å²) in [6, 6.07) is 22.8. The fourth-order valence-electron chi connectivity index (χ4n) is 5.21. The van der Waals surface area contributed by atoms with E-state index < -0.39 is 11.2 Å². The summed E-state index contributed by atoms with van der Waals surface area (Å²) in [6.07, 6.45) is 1.12. The standard InChI is InChI=1S/C25H19N3O3.C2H7N/c1-30-23-22-21(13-19(15-27)28-23)31-25(18-9-7-16(14-26)8-10-18)20(11-12-24(22,25)29)17-5-3-2-4-6-17;1-3-2/h2-10,13,20,29H,11-12H2,1H3;3H,1-2H3. The van der Waals surface area contributed by atoms with Gasteiger partial charge in [-0.25, -0.2) is 4.98 Å². The molecule has 3 aromatic rings. The molecule has 1 aromatic heterocycles. The Hall–Kier alpha value is -3.91. The topological polar surface area (TPSA) is 111 Å². The van der Waals surface area contributed by atoms with Gasteiger partial charge in [-0.1, -0.05) is 42.5 Å². The van der Waals surface area contributed by atoms with Crippen molar-refractivity contribution in [3.05, 3.63) is 88.6 Å². The summed E-state index contributed by atoms with van der Waals surface area (Å²) in [7, 11) is 5.22. The Labute approximate surface area is 199 Å². The number of nitriles is 2. The van der Waals surface area contributed by atoms with Gasteiger partial charge in [-0.2, -0.15) is 10.5 Å². The van der Waals surface area contributed by atoms with Crippen molar-refractivity contribution in [2.24, 2.45) is 0 Å². The number of nitrogens with zero attached hydrogens (tertiary/aromatic N) is 3. The molecule has 2 heterocycles. The second-order valence-electron chi connectivity index (χ2n) is 8.39. The first-order valence-corrected chi connectivity index (χ1v) is 11.0. The van der Waals surface area contributed by atoms with Gasteiger partial charge in [0.25, 0.3) is 0 Å². The van der Waals surface area contributed by atoms with Crippen LogP contribution in [0.5, 0.6) is 11.6 Å². The molecule has 1 aliphatic heterocycles. The van der Waals surface area contributed by atoms with E-state index in [0.29, 0.717) is 29.7 Å². The van der Waals surface area contributed by atoms with E-state index in [4.69, 9.17) is 9.47 Å². The molecule has 1 fully saturated rings. The third kappa shape index (κ3) is 3.38. The predicted octanol–water partition coefficient (Wildman–Crippen LogP) is 3.72. The van der Waals surface area contributed by atoms with Crippen LogP contribution in [0.25, 0.3) is 0 Å². The Morgan fingerprint density at radius 2 is 1.76 bits per heavy atom. The third-order valence-corrected chi connectivity index (χ3v) is 6.49. The number of ether oxygens (including phenoxy) is 2. The minimum atomic E-state index is -1.41. The highest BCUT2D eigenvalue weighted by molar-refractivity contribution is 5.58. The fourth-order valence-corrected chi connectivity index (χ4v) is 5.21. The molecule has 2 N–H and O–H groups in total.